The van der Waals surface area contributed by atoms with Gasteiger partial charge in [0.2, 0.25) is 65.0 Å². The maximum absolute atomic E-state index is 15.4. The van der Waals surface area contributed by atoms with E-state index in [9.17, 15) is 48.3 Å². The Hall–Kier alpha value is -11.0. The summed E-state index contributed by atoms with van der Waals surface area (Å²) in [7, 11) is 3.71. The van der Waals surface area contributed by atoms with Crippen molar-refractivity contribution in [2.24, 2.45) is 17.4 Å². The molecule has 0 saturated carbocycles. The molecule has 29 nitrogen and oxygen atoms in total. The molecule has 2 saturated heterocycles. The van der Waals surface area contributed by atoms with Crippen LogP contribution in [-0.2, 0) is 96.1 Å². The number of halogens is 1. The molecule has 0 bridgehead atoms. The molecule has 2 heterocycles. The van der Waals surface area contributed by atoms with Crippen LogP contribution in [0.5, 0.6) is 0 Å². The van der Waals surface area contributed by atoms with E-state index < -0.39 is 132 Å². The Bertz CT molecular complexity index is 4190. The molecule has 0 aromatic heterocycles. The zero-order chi connectivity index (χ0) is 80.3. The van der Waals surface area contributed by atoms with Gasteiger partial charge in [-0.05, 0) is 113 Å². The standard InChI is InChI=1S/C81H105ClN16O13/c1-49(2)40-63(72(102)89-62(18-12-34-86-81(84)85)80(110)98-35-13-19-70(98)79(109)87-50(3)71(83)101)90-74(104)67(45-55-27-32-61(33-28-55)96(5)6)93-76(106)68(43-53-20-22-56(23-21-53)47-97-36-38-111-39-37-97)94-78(108)69(48-99)95-77(107)65(42-52-14-8-7-9-15-52)92-75(105)66(44-54-25-30-60(82)31-26-54)91-73(103)64(88-51(4)100)46-57-24-29-58-16-10-11-17-59(58)41-57/h7-11,14-17,20-33,41,49-50,62-70,99H,12-13,18-19,34-40,42-48H2,1-6H3,(H2,83,101)(H,87,109)(H,88,100)(H,89,102)(H,90,104)(H,91,103)(H,92,105)(H,93,106)(H,94,108)(H,95,107)(H4,84,85,86)/t50-,62+,63+,64-,65-,66-,67-,68+,69+,70+/m1/s1. The highest BCUT2D eigenvalue weighted by molar-refractivity contribution is 6.30. The molecule has 11 amide bonds. The van der Waals surface area contributed by atoms with Crippen LogP contribution in [0.25, 0.3) is 10.8 Å². The van der Waals surface area contributed by atoms with Gasteiger partial charge >= 0.3 is 0 Å². The van der Waals surface area contributed by atoms with Gasteiger partial charge in [-0.2, -0.15) is 0 Å². The van der Waals surface area contributed by atoms with Gasteiger partial charge in [0.1, 0.15) is 60.4 Å². The summed E-state index contributed by atoms with van der Waals surface area (Å²) in [5, 5.41) is 48.6. The smallest absolute Gasteiger partial charge is 0.245 e. The molecule has 0 aliphatic carbocycles. The second kappa shape index (κ2) is 42.3. The first-order valence-electron chi connectivity index (χ1n) is 37.5. The van der Waals surface area contributed by atoms with Crippen LogP contribution in [0.3, 0.4) is 0 Å². The number of aliphatic hydroxyl groups excluding tert-OH is 1. The van der Waals surface area contributed by atoms with Crippen LogP contribution >= 0.6 is 11.6 Å². The molecule has 594 valence electrons. The molecule has 6 aromatic rings. The van der Waals surface area contributed by atoms with Crippen molar-refractivity contribution in [1.29, 1.82) is 5.41 Å². The SMILES string of the molecule is CC(=O)N[C@H](Cc1ccc2ccccc2c1)C(=O)N[C@H](Cc1ccc(Cl)cc1)C(=O)N[C@H](Cc1ccccc1)C(=O)N[C@@H](CO)C(=O)N[C@@H](Cc1ccc(CN2CCOCC2)cc1)C(=O)N[C@H](Cc1ccc(N(C)C)cc1)C(=O)N[C@@H](CC(C)C)C(=O)N[C@@H](CCCNC(=N)N)C(=O)N1CCC[C@H]1C(=O)N[C@H](C)C(N)=O. The van der Waals surface area contributed by atoms with Gasteiger partial charge in [0.25, 0.3) is 0 Å². The minimum atomic E-state index is -1.79. The Kier molecular flexibility index (Phi) is 32.6. The third-order valence-corrected chi connectivity index (χ3v) is 19.6. The summed E-state index contributed by atoms with van der Waals surface area (Å²) >= 11 is 6.28. The average molecular weight is 1550 g/mol. The Balaban J connectivity index is 1.07. The second-order valence-electron chi connectivity index (χ2n) is 28.9. The zero-order valence-corrected chi connectivity index (χ0v) is 64.4. The number of amides is 11. The van der Waals surface area contributed by atoms with Gasteiger partial charge in [-0.15, -0.1) is 0 Å². The van der Waals surface area contributed by atoms with Crippen LogP contribution in [0.15, 0.2) is 146 Å². The predicted octanol–water partition coefficient (Wildman–Crippen LogP) is 2.09. The molecular formula is C81H105ClN16O13. The lowest BCUT2D eigenvalue weighted by atomic mass is 9.99. The number of nitrogens with one attached hydrogen (secondary N) is 11. The number of aliphatic hydroxyl groups is 1. The van der Waals surface area contributed by atoms with Crippen LogP contribution in [0.2, 0.25) is 5.02 Å². The molecule has 2 aliphatic rings. The van der Waals surface area contributed by atoms with Crippen molar-refractivity contribution in [3.8, 4) is 0 Å². The predicted molar refractivity (Wildman–Crippen MR) is 422 cm³/mol. The van der Waals surface area contributed by atoms with Crippen LogP contribution in [-0.4, -0.2) is 206 Å². The number of anilines is 1. The second-order valence-corrected chi connectivity index (χ2v) is 29.3. The monoisotopic (exact) mass is 1540 g/mol. The number of benzene rings is 6. The van der Waals surface area contributed by atoms with Crippen LogP contribution < -0.4 is 69.5 Å². The van der Waals surface area contributed by atoms with E-state index >= 15 is 9.59 Å². The molecule has 2 aliphatic heterocycles. The number of ether oxygens (including phenoxy) is 1. The number of carbonyl (C=O) groups is 11. The molecule has 0 unspecified atom stereocenters. The van der Waals surface area contributed by atoms with Gasteiger partial charge in [-0.3, -0.25) is 63.0 Å². The molecule has 30 heteroatoms. The van der Waals surface area contributed by atoms with Gasteiger partial charge in [-0.25, -0.2) is 0 Å². The zero-order valence-electron chi connectivity index (χ0n) is 63.7. The van der Waals surface area contributed by atoms with Crippen molar-refractivity contribution in [2.45, 2.75) is 159 Å². The van der Waals surface area contributed by atoms with Crippen LogP contribution in [0, 0.1) is 11.3 Å². The number of carbonyl (C=O) groups excluding carboxylic acids is 11. The van der Waals surface area contributed by atoms with E-state index in [1.807, 2.05) is 99.6 Å². The molecule has 0 spiro atoms. The number of fused-ring (bicyclic) bond motifs is 1. The van der Waals surface area contributed by atoms with E-state index in [-0.39, 0.29) is 82.8 Å². The summed E-state index contributed by atoms with van der Waals surface area (Å²) in [6, 6.07) is 29.6. The maximum Gasteiger partial charge on any atom is 0.245 e. The van der Waals surface area contributed by atoms with E-state index in [1.165, 1.54) is 18.7 Å². The number of hydrogen-bond donors (Lipinski definition) is 14. The Morgan fingerprint density at radius 1 is 0.532 bits per heavy atom. The molecule has 10 atom stereocenters. The van der Waals surface area contributed by atoms with Gasteiger partial charge < -0.3 is 84.3 Å². The third kappa shape index (κ3) is 26.9. The van der Waals surface area contributed by atoms with Gasteiger partial charge in [0.15, 0.2) is 5.96 Å². The number of morpholine rings is 1. The minimum absolute atomic E-state index is 0.00207. The van der Waals surface area contributed by atoms with E-state index in [1.54, 1.807) is 78.9 Å². The van der Waals surface area contributed by atoms with E-state index in [0.717, 1.165) is 40.7 Å². The number of primary amides is 1. The number of likely N-dealkylation sites (tertiary alicyclic amines) is 1. The van der Waals surface area contributed by atoms with Crippen molar-refractivity contribution >= 4 is 99.0 Å². The van der Waals surface area contributed by atoms with E-state index in [0.29, 0.717) is 53.5 Å². The molecule has 2 fully saturated rings. The number of hydrogen-bond acceptors (Lipinski definition) is 16. The lowest BCUT2D eigenvalue weighted by Crippen LogP contribution is -2.62. The molecule has 6 aromatic carbocycles. The molecule has 111 heavy (non-hydrogen) atoms. The fourth-order valence-electron chi connectivity index (χ4n) is 13.3. The summed E-state index contributed by atoms with van der Waals surface area (Å²) in [6.45, 7) is 8.79. The van der Waals surface area contributed by atoms with Crippen molar-refractivity contribution in [3.63, 3.8) is 0 Å². The highest BCUT2D eigenvalue weighted by atomic mass is 35.5. The van der Waals surface area contributed by atoms with Crippen molar-refractivity contribution < 1.29 is 62.6 Å². The molecule has 0 radical (unpaired) electrons. The summed E-state index contributed by atoms with van der Waals surface area (Å²) in [5.74, 6) is -9.09. The molecule has 8 rings (SSSR count). The first kappa shape index (κ1) is 85.6. The highest BCUT2D eigenvalue weighted by Crippen LogP contribution is 2.23. The van der Waals surface area contributed by atoms with Crippen molar-refractivity contribution in [2.75, 3.05) is 65.0 Å². The topological polar surface area (TPSA) is 423 Å². The minimum Gasteiger partial charge on any atom is -0.394 e. The first-order valence-corrected chi connectivity index (χ1v) is 37.9. The van der Waals surface area contributed by atoms with Gasteiger partial charge in [0.05, 0.1) is 19.8 Å². The maximum atomic E-state index is 15.4. The number of guanidine groups is 1. The quantitative estimate of drug-likeness (QED) is 0.0149. The van der Waals surface area contributed by atoms with E-state index in [2.05, 4.69) is 58.1 Å². The average Bonchev–Trinajstić information content (AvgIpc) is 1.69. The van der Waals surface area contributed by atoms with Gasteiger partial charge in [0, 0.05) is 96.6 Å². The summed E-state index contributed by atoms with van der Waals surface area (Å²) in [6.07, 6.45) is 0.327. The number of nitrogens with zero attached hydrogens (tertiary/aromatic N) is 3. The number of nitrogens with two attached hydrogens (primary N) is 2. The van der Waals surface area contributed by atoms with Crippen molar-refractivity contribution in [1.82, 2.24) is 63.0 Å². The van der Waals surface area contributed by atoms with Crippen LogP contribution in [0.1, 0.15) is 93.2 Å². The Morgan fingerprint density at radius 2 is 0.973 bits per heavy atom. The molecule has 16 N–H and O–H groups in total. The normalized spacial score (nSPS) is 16.0. The fourth-order valence-corrected chi connectivity index (χ4v) is 13.4. The first-order chi connectivity index (χ1) is 53.1. The van der Waals surface area contributed by atoms with E-state index in [4.69, 9.17) is 33.2 Å². The number of rotatable bonds is 39. The highest BCUT2D eigenvalue weighted by Gasteiger charge is 2.41. The largest absolute Gasteiger partial charge is 0.394 e. The lowest BCUT2D eigenvalue weighted by molar-refractivity contribution is -0.142. The third-order valence-electron chi connectivity index (χ3n) is 19.4. The summed E-state index contributed by atoms with van der Waals surface area (Å²) in [5.41, 5.74) is 15.8. The summed E-state index contributed by atoms with van der Waals surface area (Å²) in [4.78, 5) is 163. The van der Waals surface area contributed by atoms with Crippen LogP contribution in [0.4, 0.5) is 5.69 Å². The Labute approximate surface area is 652 Å². The molecular weight excluding hydrogens is 1440 g/mol. The van der Waals surface area contributed by atoms with Gasteiger partial charge in [-0.1, -0.05) is 147 Å². The fraction of sp³-hybridized carbons (Fsp3) is 0.432. The summed E-state index contributed by atoms with van der Waals surface area (Å²) < 4.78 is 5.56. The van der Waals surface area contributed by atoms with Crippen molar-refractivity contribution in [3.05, 3.63) is 184 Å². The lowest BCUT2D eigenvalue weighted by Gasteiger charge is -2.31. The Morgan fingerprint density at radius 3 is 1.49 bits per heavy atom.